The van der Waals surface area contributed by atoms with Gasteiger partial charge in [-0.05, 0) is 30.3 Å². The van der Waals surface area contributed by atoms with Gasteiger partial charge < -0.3 is 9.84 Å². The largest absolute Gasteiger partial charge is 0.507 e. The van der Waals surface area contributed by atoms with E-state index in [1.54, 1.807) is 31.4 Å². The highest BCUT2D eigenvalue weighted by Crippen LogP contribution is 2.25. The van der Waals surface area contributed by atoms with Crippen LogP contribution in [-0.4, -0.2) is 18.5 Å². The predicted octanol–water partition coefficient (Wildman–Crippen LogP) is 3.63. The minimum absolute atomic E-state index is 0.0738. The van der Waals surface area contributed by atoms with E-state index in [9.17, 15) is 9.90 Å². The fourth-order valence-electron chi connectivity index (χ4n) is 1.49. The Morgan fingerprint density at radius 2 is 1.84 bits per heavy atom. The summed E-state index contributed by atoms with van der Waals surface area (Å²) in [6, 6.07) is 11.6. The molecule has 0 aliphatic heterocycles. The third kappa shape index (κ3) is 3.16. The Balaban J connectivity index is 2.24. The van der Waals surface area contributed by atoms with E-state index < -0.39 is 0 Å². The summed E-state index contributed by atoms with van der Waals surface area (Å²) in [6.07, 6.45) is 0.569. The van der Waals surface area contributed by atoms with Crippen molar-refractivity contribution in [3.8, 4) is 11.5 Å². The number of phenols is 1. The van der Waals surface area contributed by atoms with Crippen molar-refractivity contribution >= 4 is 17.7 Å². The van der Waals surface area contributed by atoms with Gasteiger partial charge in [-0.25, -0.2) is 0 Å². The van der Waals surface area contributed by atoms with Crippen molar-refractivity contribution in [2.24, 2.45) is 10.2 Å². The second kappa shape index (κ2) is 5.77. The molecule has 5 heteroatoms. The summed E-state index contributed by atoms with van der Waals surface area (Å²) in [6.45, 7) is 0. The number of ether oxygens (including phenoxy) is 1. The van der Waals surface area contributed by atoms with Gasteiger partial charge in [0.25, 0.3) is 0 Å². The molecule has 0 spiro atoms. The number of aromatic hydroxyl groups is 1. The first-order valence-electron chi connectivity index (χ1n) is 5.57. The molecule has 0 aliphatic carbocycles. The number of carbonyl (C=O) groups excluding carboxylic acids is 1. The van der Waals surface area contributed by atoms with Crippen molar-refractivity contribution in [3.63, 3.8) is 0 Å². The molecule has 0 aliphatic rings. The molecule has 0 unspecified atom stereocenters. The molecule has 0 radical (unpaired) electrons. The number of aldehydes is 1. The maximum absolute atomic E-state index is 10.7. The number of phenolic OH excluding ortho intramolecular Hbond substituents is 1. The highest BCUT2D eigenvalue weighted by Gasteiger charge is 2.01. The Bertz CT molecular complexity index is 624. The minimum atomic E-state index is -0.0738. The van der Waals surface area contributed by atoms with Crippen molar-refractivity contribution in [1.29, 1.82) is 0 Å². The molecule has 0 amide bonds. The van der Waals surface area contributed by atoms with Crippen LogP contribution >= 0.6 is 0 Å². The third-order valence-corrected chi connectivity index (χ3v) is 2.47. The molecule has 0 atom stereocenters. The van der Waals surface area contributed by atoms with Crippen molar-refractivity contribution in [3.05, 3.63) is 48.0 Å². The van der Waals surface area contributed by atoms with Gasteiger partial charge in [0.05, 0.1) is 24.0 Å². The minimum Gasteiger partial charge on any atom is -0.507 e. The van der Waals surface area contributed by atoms with Gasteiger partial charge >= 0.3 is 0 Å². The zero-order chi connectivity index (χ0) is 13.7. The molecule has 96 valence electrons. The van der Waals surface area contributed by atoms with Gasteiger partial charge in [-0.15, -0.1) is 0 Å². The highest BCUT2D eigenvalue weighted by molar-refractivity contribution is 5.80. The molecular formula is C14H12N2O3. The first kappa shape index (κ1) is 12.8. The normalized spacial score (nSPS) is 10.6. The Morgan fingerprint density at radius 1 is 1.11 bits per heavy atom. The topological polar surface area (TPSA) is 71.2 Å². The Labute approximate surface area is 110 Å². The van der Waals surface area contributed by atoms with Crippen molar-refractivity contribution in [2.45, 2.75) is 0 Å². The van der Waals surface area contributed by atoms with E-state index in [1.165, 1.54) is 12.1 Å². The zero-order valence-electron chi connectivity index (χ0n) is 10.3. The first-order chi connectivity index (χ1) is 9.22. The van der Waals surface area contributed by atoms with E-state index >= 15 is 0 Å². The van der Waals surface area contributed by atoms with Crippen LogP contribution in [0.5, 0.6) is 11.5 Å². The van der Waals surface area contributed by atoms with Crippen molar-refractivity contribution < 1.29 is 14.6 Å². The van der Waals surface area contributed by atoms with Crippen LogP contribution in [0.2, 0.25) is 0 Å². The standard InChI is InChI=1S/C14H12N2O3/c1-19-13-4-2-3-11(8-13)15-16-12-5-6-14(18)10(7-12)9-17/h2-9,18H,1H3. The lowest BCUT2D eigenvalue weighted by Gasteiger charge is -2.00. The molecular weight excluding hydrogens is 244 g/mol. The van der Waals surface area contributed by atoms with E-state index in [0.29, 0.717) is 23.4 Å². The second-order valence-electron chi connectivity index (χ2n) is 3.76. The fourth-order valence-corrected chi connectivity index (χ4v) is 1.49. The number of nitrogens with zero attached hydrogens (tertiary/aromatic N) is 2. The summed E-state index contributed by atoms with van der Waals surface area (Å²) < 4.78 is 5.08. The molecule has 0 saturated heterocycles. The second-order valence-corrected chi connectivity index (χ2v) is 3.76. The summed E-state index contributed by atoms with van der Waals surface area (Å²) in [4.78, 5) is 10.7. The van der Waals surface area contributed by atoms with Crippen LogP contribution < -0.4 is 4.74 Å². The summed E-state index contributed by atoms with van der Waals surface area (Å²) in [5.41, 5.74) is 1.31. The third-order valence-electron chi connectivity index (χ3n) is 2.47. The predicted molar refractivity (Wildman–Crippen MR) is 70.7 cm³/mol. The molecule has 0 bridgehead atoms. The summed E-state index contributed by atoms with van der Waals surface area (Å²) in [5.74, 6) is 0.617. The molecule has 2 rings (SSSR count). The fraction of sp³-hybridized carbons (Fsp3) is 0.0714. The molecule has 19 heavy (non-hydrogen) atoms. The molecule has 5 nitrogen and oxygen atoms in total. The summed E-state index contributed by atoms with van der Waals surface area (Å²) >= 11 is 0. The monoisotopic (exact) mass is 256 g/mol. The number of methoxy groups -OCH3 is 1. The van der Waals surface area contributed by atoms with Crippen LogP contribution in [0.15, 0.2) is 52.7 Å². The average molecular weight is 256 g/mol. The molecule has 2 aromatic carbocycles. The number of rotatable bonds is 4. The van der Waals surface area contributed by atoms with Gasteiger partial charge in [0.2, 0.25) is 0 Å². The number of hydrogen-bond acceptors (Lipinski definition) is 5. The maximum Gasteiger partial charge on any atom is 0.153 e. The smallest absolute Gasteiger partial charge is 0.153 e. The maximum atomic E-state index is 10.7. The zero-order valence-corrected chi connectivity index (χ0v) is 10.3. The summed E-state index contributed by atoms with van der Waals surface area (Å²) in [5, 5.41) is 17.4. The van der Waals surface area contributed by atoms with E-state index in [2.05, 4.69) is 10.2 Å². The Morgan fingerprint density at radius 3 is 2.53 bits per heavy atom. The molecule has 0 aromatic heterocycles. The van der Waals surface area contributed by atoms with E-state index in [4.69, 9.17) is 4.74 Å². The van der Waals surface area contributed by atoms with Gasteiger partial charge in [-0.2, -0.15) is 10.2 Å². The molecule has 2 aromatic rings. The van der Waals surface area contributed by atoms with Crippen LogP contribution in [-0.2, 0) is 0 Å². The van der Waals surface area contributed by atoms with Crippen LogP contribution in [0, 0.1) is 0 Å². The van der Waals surface area contributed by atoms with E-state index in [-0.39, 0.29) is 11.3 Å². The van der Waals surface area contributed by atoms with Crippen molar-refractivity contribution in [1.82, 2.24) is 0 Å². The Kier molecular flexibility index (Phi) is 3.87. The van der Waals surface area contributed by atoms with Crippen LogP contribution in [0.4, 0.5) is 11.4 Å². The van der Waals surface area contributed by atoms with Gasteiger partial charge in [-0.3, -0.25) is 4.79 Å². The van der Waals surface area contributed by atoms with E-state index in [0.717, 1.165) is 0 Å². The molecule has 0 heterocycles. The molecule has 0 fully saturated rings. The first-order valence-corrected chi connectivity index (χ1v) is 5.57. The Hall–Kier alpha value is -2.69. The number of carbonyl (C=O) groups is 1. The lowest BCUT2D eigenvalue weighted by molar-refractivity contribution is 0.112. The molecule has 1 N–H and O–H groups in total. The van der Waals surface area contributed by atoms with Gasteiger partial charge in [0.1, 0.15) is 11.5 Å². The lowest BCUT2D eigenvalue weighted by Crippen LogP contribution is -1.80. The van der Waals surface area contributed by atoms with Crippen molar-refractivity contribution in [2.75, 3.05) is 7.11 Å². The average Bonchev–Trinajstić information content (AvgIpc) is 2.46. The van der Waals surface area contributed by atoms with Crippen LogP contribution in [0.3, 0.4) is 0 Å². The van der Waals surface area contributed by atoms with Gasteiger partial charge in [-0.1, -0.05) is 6.07 Å². The lowest BCUT2D eigenvalue weighted by atomic mass is 10.2. The summed E-state index contributed by atoms with van der Waals surface area (Å²) in [7, 11) is 1.58. The van der Waals surface area contributed by atoms with Crippen LogP contribution in [0.25, 0.3) is 0 Å². The SMILES string of the molecule is COc1cccc(N=Nc2ccc(O)c(C=O)c2)c1. The van der Waals surface area contributed by atoms with Gasteiger partial charge in [0.15, 0.2) is 6.29 Å². The van der Waals surface area contributed by atoms with Crippen LogP contribution in [0.1, 0.15) is 10.4 Å². The quantitative estimate of drug-likeness (QED) is 0.670. The van der Waals surface area contributed by atoms with Gasteiger partial charge in [0, 0.05) is 6.07 Å². The number of hydrogen-bond donors (Lipinski definition) is 1. The number of benzene rings is 2. The molecule has 0 saturated carbocycles. The highest BCUT2D eigenvalue weighted by atomic mass is 16.5. The van der Waals surface area contributed by atoms with E-state index in [1.807, 2.05) is 6.07 Å². The number of azo groups is 1.